The molecule has 6 nitrogen and oxygen atoms in total. The zero-order valence-corrected chi connectivity index (χ0v) is 12.8. The van der Waals surface area contributed by atoms with E-state index in [1.807, 2.05) is 11.4 Å². The quantitative estimate of drug-likeness (QED) is 0.589. The SMILES string of the molecule is NNc1nc(CN2CCCCCC2CO)nc2sccc12. The lowest BCUT2D eigenvalue weighted by atomic mass is 10.1. The van der Waals surface area contributed by atoms with Crippen LogP contribution in [0.3, 0.4) is 0 Å². The highest BCUT2D eigenvalue weighted by molar-refractivity contribution is 7.16. The van der Waals surface area contributed by atoms with Crippen LogP contribution in [0.15, 0.2) is 11.4 Å². The van der Waals surface area contributed by atoms with Gasteiger partial charge in [-0.05, 0) is 30.8 Å². The number of likely N-dealkylation sites (tertiary alicyclic amines) is 1. The van der Waals surface area contributed by atoms with Crippen LogP contribution in [0.4, 0.5) is 5.82 Å². The van der Waals surface area contributed by atoms with Gasteiger partial charge in [0.2, 0.25) is 0 Å². The van der Waals surface area contributed by atoms with Crippen molar-refractivity contribution in [2.45, 2.75) is 38.3 Å². The van der Waals surface area contributed by atoms with E-state index >= 15 is 0 Å². The summed E-state index contributed by atoms with van der Waals surface area (Å²) < 4.78 is 0. The van der Waals surface area contributed by atoms with Gasteiger partial charge in [-0.15, -0.1) is 11.3 Å². The molecule has 7 heteroatoms. The Hall–Kier alpha value is -1.28. The number of nitrogens with one attached hydrogen (secondary N) is 1. The predicted octanol–water partition coefficient (Wildman–Crippen LogP) is 1.71. The van der Waals surface area contributed by atoms with Crippen molar-refractivity contribution in [1.82, 2.24) is 14.9 Å². The lowest BCUT2D eigenvalue weighted by Gasteiger charge is -2.27. The van der Waals surface area contributed by atoms with Crippen LogP contribution in [0, 0.1) is 0 Å². The van der Waals surface area contributed by atoms with E-state index in [0.717, 1.165) is 29.0 Å². The number of aliphatic hydroxyl groups is 1. The summed E-state index contributed by atoms with van der Waals surface area (Å²) in [5, 5.41) is 12.5. The Balaban J connectivity index is 1.85. The predicted molar refractivity (Wildman–Crippen MR) is 85.0 cm³/mol. The number of nitrogen functional groups attached to an aromatic ring is 1. The highest BCUT2D eigenvalue weighted by Gasteiger charge is 2.21. The Labute approximate surface area is 128 Å². The van der Waals surface area contributed by atoms with E-state index in [1.54, 1.807) is 11.3 Å². The van der Waals surface area contributed by atoms with Gasteiger partial charge in [0, 0.05) is 6.04 Å². The van der Waals surface area contributed by atoms with Gasteiger partial charge >= 0.3 is 0 Å². The molecule has 2 aromatic heterocycles. The number of rotatable bonds is 4. The molecule has 21 heavy (non-hydrogen) atoms. The van der Waals surface area contributed by atoms with Crippen molar-refractivity contribution < 1.29 is 5.11 Å². The number of nitrogens with two attached hydrogens (primary N) is 1. The number of thiophene rings is 1. The first-order chi connectivity index (χ1) is 10.3. The monoisotopic (exact) mass is 307 g/mol. The number of aliphatic hydroxyl groups excluding tert-OH is 1. The van der Waals surface area contributed by atoms with Gasteiger partial charge < -0.3 is 10.5 Å². The largest absolute Gasteiger partial charge is 0.395 e. The maximum absolute atomic E-state index is 9.59. The van der Waals surface area contributed by atoms with Gasteiger partial charge in [-0.1, -0.05) is 12.8 Å². The summed E-state index contributed by atoms with van der Waals surface area (Å²) in [5.41, 5.74) is 2.66. The van der Waals surface area contributed by atoms with Gasteiger partial charge in [0.05, 0.1) is 18.5 Å². The minimum Gasteiger partial charge on any atom is -0.395 e. The number of hydrazine groups is 1. The van der Waals surface area contributed by atoms with E-state index in [0.29, 0.717) is 12.4 Å². The molecule has 0 spiro atoms. The molecule has 0 aromatic carbocycles. The summed E-state index contributed by atoms with van der Waals surface area (Å²) in [4.78, 5) is 12.4. The normalized spacial score (nSPS) is 20.6. The van der Waals surface area contributed by atoms with Crippen LogP contribution in [-0.2, 0) is 6.54 Å². The zero-order chi connectivity index (χ0) is 14.7. The standard InChI is InChI=1S/C14H21N5OS/c15-18-13-11-5-7-21-14(11)17-12(16-13)8-19-6-3-1-2-4-10(19)9-20/h5,7,10,20H,1-4,6,8-9,15H2,(H,16,17,18). The van der Waals surface area contributed by atoms with Gasteiger partial charge in [0.25, 0.3) is 0 Å². The third-order valence-electron chi connectivity index (χ3n) is 4.06. The molecule has 0 amide bonds. The van der Waals surface area contributed by atoms with Gasteiger partial charge in [0.1, 0.15) is 10.7 Å². The van der Waals surface area contributed by atoms with Crippen LogP contribution in [0.5, 0.6) is 0 Å². The number of fused-ring (bicyclic) bond motifs is 1. The van der Waals surface area contributed by atoms with E-state index in [9.17, 15) is 5.11 Å². The minimum atomic E-state index is 0.198. The van der Waals surface area contributed by atoms with E-state index in [-0.39, 0.29) is 12.6 Å². The molecule has 3 heterocycles. The molecule has 1 saturated heterocycles. The Morgan fingerprint density at radius 3 is 3.10 bits per heavy atom. The molecule has 0 saturated carbocycles. The maximum Gasteiger partial charge on any atom is 0.152 e. The second kappa shape index (κ2) is 6.65. The number of hydrogen-bond donors (Lipinski definition) is 3. The van der Waals surface area contributed by atoms with E-state index in [1.165, 1.54) is 19.3 Å². The highest BCUT2D eigenvalue weighted by atomic mass is 32.1. The summed E-state index contributed by atoms with van der Waals surface area (Å²) in [6, 6.07) is 2.19. The smallest absolute Gasteiger partial charge is 0.152 e. The topological polar surface area (TPSA) is 87.3 Å². The number of hydrogen-bond acceptors (Lipinski definition) is 7. The Bertz CT molecular complexity index is 602. The van der Waals surface area contributed by atoms with E-state index in [4.69, 9.17) is 5.84 Å². The fourth-order valence-electron chi connectivity index (χ4n) is 2.91. The summed E-state index contributed by atoms with van der Waals surface area (Å²) in [5.74, 6) is 7.00. The molecular formula is C14H21N5OS. The second-order valence-corrected chi connectivity index (χ2v) is 6.32. The first-order valence-electron chi connectivity index (χ1n) is 7.37. The molecule has 1 fully saturated rings. The van der Waals surface area contributed by atoms with Gasteiger partial charge in [0.15, 0.2) is 5.82 Å². The molecule has 1 atom stereocenters. The van der Waals surface area contributed by atoms with Crippen molar-refractivity contribution >= 4 is 27.4 Å². The number of aromatic nitrogens is 2. The van der Waals surface area contributed by atoms with Crippen LogP contribution in [0.25, 0.3) is 10.2 Å². The Morgan fingerprint density at radius 2 is 2.29 bits per heavy atom. The van der Waals surface area contributed by atoms with Gasteiger partial charge in [-0.3, -0.25) is 4.90 Å². The molecular weight excluding hydrogens is 286 g/mol. The first-order valence-corrected chi connectivity index (χ1v) is 8.25. The van der Waals surface area contributed by atoms with Crippen LogP contribution in [-0.4, -0.2) is 39.2 Å². The lowest BCUT2D eigenvalue weighted by molar-refractivity contribution is 0.116. The molecule has 0 radical (unpaired) electrons. The Morgan fingerprint density at radius 1 is 1.38 bits per heavy atom. The van der Waals surface area contributed by atoms with Crippen LogP contribution in [0.2, 0.25) is 0 Å². The maximum atomic E-state index is 9.59. The van der Waals surface area contributed by atoms with Crippen LogP contribution in [0.1, 0.15) is 31.5 Å². The van der Waals surface area contributed by atoms with Gasteiger partial charge in [-0.2, -0.15) is 0 Å². The molecule has 4 N–H and O–H groups in total. The van der Waals surface area contributed by atoms with Crippen LogP contribution >= 0.6 is 11.3 Å². The Kier molecular flexibility index (Phi) is 4.64. The second-order valence-electron chi connectivity index (χ2n) is 5.43. The van der Waals surface area contributed by atoms with Crippen molar-refractivity contribution in [3.8, 4) is 0 Å². The summed E-state index contributed by atoms with van der Waals surface area (Å²) in [7, 11) is 0. The van der Waals surface area contributed by atoms with Crippen molar-refractivity contribution in [3.63, 3.8) is 0 Å². The molecule has 1 aliphatic heterocycles. The third-order valence-corrected chi connectivity index (χ3v) is 4.87. The summed E-state index contributed by atoms with van der Waals surface area (Å²) >= 11 is 1.59. The van der Waals surface area contributed by atoms with E-state index < -0.39 is 0 Å². The molecule has 3 rings (SSSR count). The van der Waals surface area contributed by atoms with E-state index in [2.05, 4.69) is 20.3 Å². The van der Waals surface area contributed by atoms with Crippen molar-refractivity contribution in [2.75, 3.05) is 18.6 Å². The highest BCUT2D eigenvalue weighted by Crippen LogP contribution is 2.25. The minimum absolute atomic E-state index is 0.198. The first kappa shape index (κ1) is 14.6. The molecule has 2 aromatic rings. The zero-order valence-electron chi connectivity index (χ0n) is 12.0. The average Bonchev–Trinajstić information content (AvgIpc) is 2.86. The van der Waals surface area contributed by atoms with Crippen molar-refractivity contribution in [3.05, 3.63) is 17.3 Å². The molecule has 0 aliphatic carbocycles. The van der Waals surface area contributed by atoms with Gasteiger partial charge in [-0.25, -0.2) is 15.8 Å². The summed E-state index contributed by atoms with van der Waals surface area (Å²) in [6.07, 6.45) is 4.62. The van der Waals surface area contributed by atoms with Crippen LogP contribution < -0.4 is 11.3 Å². The lowest BCUT2D eigenvalue weighted by Crippen LogP contribution is -2.37. The van der Waals surface area contributed by atoms with Crippen molar-refractivity contribution in [1.29, 1.82) is 0 Å². The average molecular weight is 307 g/mol. The number of anilines is 1. The number of nitrogens with zero attached hydrogens (tertiary/aromatic N) is 3. The molecule has 0 bridgehead atoms. The van der Waals surface area contributed by atoms with Crippen molar-refractivity contribution in [2.24, 2.45) is 5.84 Å². The third kappa shape index (κ3) is 3.16. The molecule has 1 aliphatic rings. The molecule has 1 unspecified atom stereocenters. The fraction of sp³-hybridized carbons (Fsp3) is 0.571. The fourth-order valence-corrected chi connectivity index (χ4v) is 3.70. The summed E-state index contributed by atoms with van der Waals surface area (Å²) in [6.45, 7) is 1.85. The molecule has 114 valence electrons.